The van der Waals surface area contributed by atoms with Crippen LogP contribution in [-0.2, 0) is 19.6 Å². The van der Waals surface area contributed by atoms with Crippen molar-refractivity contribution < 1.29 is 14.0 Å². The van der Waals surface area contributed by atoms with Crippen LogP contribution in [0.2, 0.25) is 0 Å². The lowest BCUT2D eigenvalue weighted by Gasteiger charge is -2.11. The van der Waals surface area contributed by atoms with Gasteiger partial charge in [0, 0.05) is 13.0 Å². The Hall–Kier alpha value is -2.08. The highest BCUT2D eigenvalue weighted by molar-refractivity contribution is 5.42. The molecule has 6 nitrogen and oxygen atoms in total. The van der Waals surface area contributed by atoms with Gasteiger partial charge in [0.1, 0.15) is 0 Å². The third-order valence-electron chi connectivity index (χ3n) is 2.94. The maximum absolute atomic E-state index is 5.71. The smallest absolute Gasteiger partial charge is 0.226 e. The number of nitrogens with zero attached hydrogens (tertiary/aromatic N) is 2. The van der Waals surface area contributed by atoms with Crippen molar-refractivity contribution in [1.29, 1.82) is 0 Å². The lowest BCUT2D eigenvalue weighted by Crippen LogP contribution is -2.06. The quantitative estimate of drug-likeness (QED) is 0.805. The highest BCUT2D eigenvalue weighted by Gasteiger charge is 2.09. The van der Waals surface area contributed by atoms with Gasteiger partial charge in [0.05, 0.1) is 7.11 Å². The lowest BCUT2D eigenvalue weighted by atomic mass is 10.2. The molecule has 0 aliphatic rings. The van der Waals surface area contributed by atoms with Gasteiger partial charge in [0.2, 0.25) is 11.7 Å². The van der Waals surface area contributed by atoms with Gasteiger partial charge in [0.25, 0.3) is 0 Å². The average molecular weight is 291 g/mol. The number of methoxy groups -OCH3 is 1. The molecule has 2 aromatic rings. The summed E-state index contributed by atoms with van der Waals surface area (Å²) in [4.78, 5) is 4.26. The SMILES string of the molecule is CCCc1nc(COc2ccc(CNC)cc2OC)no1. The normalized spacial score (nSPS) is 10.6. The molecule has 0 aliphatic carbocycles. The number of nitrogens with one attached hydrogen (secondary N) is 1. The van der Waals surface area contributed by atoms with Crippen LogP contribution in [0.1, 0.15) is 30.6 Å². The number of aryl methyl sites for hydroxylation is 1. The van der Waals surface area contributed by atoms with Crippen LogP contribution >= 0.6 is 0 Å². The minimum atomic E-state index is 0.259. The maximum atomic E-state index is 5.71. The number of aromatic nitrogens is 2. The second kappa shape index (κ2) is 7.64. The number of hydrogen-bond acceptors (Lipinski definition) is 6. The molecule has 114 valence electrons. The minimum absolute atomic E-state index is 0.259. The molecule has 0 spiro atoms. The Kier molecular flexibility index (Phi) is 5.57. The fourth-order valence-electron chi connectivity index (χ4n) is 1.95. The van der Waals surface area contributed by atoms with Gasteiger partial charge in [-0.2, -0.15) is 4.98 Å². The molecule has 0 amide bonds. The number of benzene rings is 1. The van der Waals surface area contributed by atoms with Gasteiger partial charge < -0.3 is 19.3 Å². The number of hydrogen-bond donors (Lipinski definition) is 1. The van der Waals surface area contributed by atoms with Gasteiger partial charge >= 0.3 is 0 Å². The van der Waals surface area contributed by atoms with Gasteiger partial charge in [0.15, 0.2) is 18.1 Å². The zero-order valence-corrected chi connectivity index (χ0v) is 12.7. The molecular weight excluding hydrogens is 270 g/mol. The Morgan fingerprint density at radius 3 is 2.86 bits per heavy atom. The van der Waals surface area contributed by atoms with Gasteiger partial charge in [-0.3, -0.25) is 0 Å². The fourth-order valence-corrected chi connectivity index (χ4v) is 1.95. The first-order valence-corrected chi connectivity index (χ1v) is 7.02. The molecule has 0 aliphatic heterocycles. The van der Waals surface area contributed by atoms with E-state index in [0.717, 1.165) is 24.9 Å². The van der Waals surface area contributed by atoms with Gasteiger partial charge in [-0.05, 0) is 31.2 Å². The molecule has 2 rings (SSSR count). The van der Waals surface area contributed by atoms with Crippen molar-refractivity contribution in [2.24, 2.45) is 0 Å². The van der Waals surface area contributed by atoms with E-state index in [-0.39, 0.29) is 6.61 Å². The van der Waals surface area contributed by atoms with Crippen LogP contribution in [0.25, 0.3) is 0 Å². The van der Waals surface area contributed by atoms with Crippen molar-refractivity contribution in [3.63, 3.8) is 0 Å². The molecule has 1 N–H and O–H groups in total. The van der Waals surface area contributed by atoms with Crippen molar-refractivity contribution in [1.82, 2.24) is 15.5 Å². The standard InChI is InChI=1S/C15H21N3O3/c1-4-5-15-17-14(18-21-15)10-20-12-7-6-11(9-16-2)8-13(12)19-3/h6-8,16H,4-5,9-10H2,1-3H3. The van der Waals surface area contributed by atoms with E-state index in [2.05, 4.69) is 22.4 Å². The van der Waals surface area contributed by atoms with Crippen LogP contribution in [-0.4, -0.2) is 24.3 Å². The third-order valence-corrected chi connectivity index (χ3v) is 2.94. The molecule has 0 bridgehead atoms. The van der Waals surface area contributed by atoms with E-state index in [0.29, 0.717) is 23.2 Å². The van der Waals surface area contributed by atoms with Crippen LogP contribution < -0.4 is 14.8 Å². The zero-order valence-electron chi connectivity index (χ0n) is 12.7. The Labute approximate surface area is 124 Å². The summed E-state index contributed by atoms with van der Waals surface area (Å²) in [6.07, 6.45) is 1.76. The maximum Gasteiger partial charge on any atom is 0.226 e. The predicted octanol–water partition coefficient (Wildman–Crippen LogP) is 2.33. The van der Waals surface area contributed by atoms with Crippen LogP contribution in [0.5, 0.6) is 11.5 Å². The Balaban J connectivity index is 2.01. The van der Waals surface area contributed by atoms with Crippen LogP contribution in [0.4, 0.5) is 0 Å². The van der Waals surface area contributed by atoms with Crippen molar-refractivity contribution in [3.8, 4) is 11.5 Å². The summed E-state index contributed by atoms with van der Waals surface area (Å²) in [5.74, 6) is 2.55. The molecule has 0 radical (unpaired) electrons. The summed E-state index contributed by atoms with van der Waals surface area (Å²) in [6.45, 7) is 3.11. The van der Waals surface area contributed by atoms with E-state index in [9.17, 15) is 0 Å². The summed E-state index contributed by atoms with van der Waals surface area (Å²) in [6, 6.07) is 5.83. The first-order valence-electron chi connectivity index (χ1n) is 7.02. The van der Waals surface area contributed by atoms with E-state index in [1.807, 2.05) is 25.2 Å². The molecule has 6 heteroatoms. The van der Waals surface area contributed by atoms with Gasteiger partial charge in [-0.1, -0.05) is 18.1 Å². The zero-order chi connectivity index (χ0) is 15.1. The largest absolute Gasteiger partial charge is 0.493 e. The molecule has 0 unspecified atom stereocenters. The summed E-state index contributed by atoms with van der Waals surface area (Å²) in [7, 11) is 3.53. The van der Waals surface area contributed by atoms with E-state index < -0.39 is 0 Å². The number of rotatable bonds is 8. The van der Waals surface area contributed by atoms with E-state index in [1.54, 1.807) is 7.11 Å². The fraction of sp³-hybridized carbons (Fsp3) is 0.467. The Morgan fingerprint density at radius 1 is 1.29 bits per heavy atom. The highest BCUT2D eigenvalue weighted by Crippen LogP contribution is 2.28. The first kappa shape index (κ1) is 15.3. The molecule has 0 saturated carbocycles. The molecule has 0 atom stereocenters. The summed E-state index contributed by atoms with van der Waals surface area (Å²) in [5, 5.41) is 6.99. The second-order valence-electron chi connectivity index (χ2n) is 4.66. The topological polar surface area (TPSA) is 69.4 Å². The monoisotopic (exact) mass is 291 g/mol. The van der Waals surface area contributed by atoms with Gasteiger partial charge in [-0.25, -0.2) is 0 Å². The van der Waals surface area contributed by atoms with Crippen molar-refractivity contribution in [2.45, 2.75) is 32.9 Å². The molecule has 1 aromatic carbocycles. The Morgan fingerprint density at radius 2 is 2.14 bits per heavy atom. The highest BCUT2D eigenvalue weighted by atomic mass is 16.5. The van der Waals surface area contributed by atoms with E-state index in [1.165, 1.54) is 0 Å². The van der Waals surface area contributed by atoms with Crippen molar-refractivity contribution >= 4 is 0 Å². The van der Waals surface area contributed by atoms with E-state index >= 15 is 0 Å². The van der Waals surface area contributed by atoms with Crippen LogP contribution in [0.3, 0.4) is 0 Å². The summed E-state index contributed by atoms with van der Waals surface area (Å²) >= 11 is 0. The summed E-state index contributed by atoms with van der Waals surface area (Å²) in [5.41, 5.74) is 1.13. The molecule has 0 fully saturated rings. The molecular formula is C15H21N3O3. The molecule has 0 saturated heterocycles. The van der Waals surface area contributed by atoms with Crippen molar-refractivity contribution in [3.05, 3.63) is 35.5 Å². The second-order valence-corrected chi connectivity index (χ2v) is 4.66. The number of ether oxygens (including phenoxy) is 2. The van der Waals surface area contributed by atoms with Gasteiger partial charge in [-0.15, -0.1) is 0 Å². The average Bonchev–Trinajstić information content (AvgIpc) is 2.94. The minimum Gasteiger partial charge on any atom is -0.493 e. The molecule has 21 heavy (non-hydrogen) atoms. The van der Waals surface area contributed by atoms with Crippen molar-refractivity contribution in [2.75, 3.05) is 14.2 Å². The first-order chi connectivity index (χ1) is 10.3. The van der Waals surface area contributed by atoms with E-state index in [4.69, 9.17) is 14.0 Å². The predicted molar refractivity (Wildman–Crippen MR) is 78.4 cm³/mol. The lowest BCUT2D eigenvalue weighted by molar-refractivity contribution is 0.269. The third kappa shape index (κ3) is 4.19. The summed E-state index contributed by atoms with van der Waals surface area (Å²) < 4.78 is 16.2. The molecule has 1 heterocycles. The Bertz CT molecular complexity index is 569. The van der Waals surface area contributed by atoms with Crippen LogP contribution in [0, 0.1) is 0 Å². The molecule has 1 aromatic heterocycles. The van der Waals surface area contributed by atoms with Crippen LogP contribution in [0.15, 0.2) is 22.7 Å².